The molecule has 0 radical (unpaired) electrons. The summed E-state index contributed by atoms with van der Waals surface area (Å²) in [4.78, 5) is 36.3. The minimum Gasteiger partial charge on any atom is -0.417 e. The SMILES string of the molecule is CC(C)c1nccc(CCCO[Si](C)(C)C(C)(C)C)c1-n1c(=O)[nH]c(=O)c2cc(F)c(Cl)nc21. The molecule has 7 nitrogen and oxygen atoms in total. The van der Waals surface area contributed by atoms with Crippen LogP contribution in [-0.2, 0) is 10.8 Å². The Hall–Kier alpha value is -2.36. The average Bonchev–Trinajstić information content (AvgIpc) is 2.72. The summed E-state index contributed by atoms with van der Waals surface area (Å²) >= 11 is 5.93. The van der Waals surface area contributed by atoms with Gasteiger partial charge >= 0.3 is 5.69 Å². The van der Waals surface area contributed by atoms with Crippen LogP contribution >= 0.6 is 11.6 Å². The summed E-state index contributed by atoms with van der Waals surface area (Å²) in [5, 5.41) is -0.361. The summed E-state index contributed by atoms with van der Waals surface area (Å²) in [5.41, 5.74) is 0.649. The monoisotopic (exact) mass is 506 g/mol. The van der Waals surface area contributed by atoms with Gasteiger partial charge in [0.2, 0.25) is 0 Å². The molecule has 3 aromatic rings. The van der Waals surface area contributed by atoms with Crippen molar-refractivity contribution < 1.29 is 8.82 Å². The van der Waals surface area contributed by atoms with Gasteiger partial charge in [-0.15, -0.1) is 0 Å². The molecule has 0 fully saturated rings. The first-order valence-corrected chi connectivity index (χ1v) is 14.7. The third-order valence-electron chi connectivity index (χ3n) is 6.46. The Labute approximate surface area is 204 Å². The van der Waals surface area contributed by atoms with Gasteiger partial charge in [-0.2, -0.15) is 0 Å². The molecule has 1 N–H and O–H groups in total. The van der Waals surface area contributed by atoms with Gasteiger partial charge in [-0.3, -0.25) is 14.8 Å². The lowest BCUT2D eigenvalue weighted by Crippen LogP contribution is -2.41. The Morgan fingerprint density at radius 1 is 1.26 bits per heavy atom. The van der Waals surface area contributed by atoms with E-state index < -0.39 is 30.5 Å². The molecule has 184 valence electrons. The van der Waals surface area contributed by atoms with Crippen molar-refractivity contribution in [1.82, 2.24) is 19.5 Å². The van der Waals surface area contributed by atoms with Crippen molar-refractivity contribution in [1.29, 1.82) is 0 Å². The zero-order valence-electron chi connectivity index (χ0n) is 20.8. The molecule has 3 rings (SSSR count). The van der Waals surface area contributed by atoms with Gasteiger partial charge in [0.1, 0.15) is 0 Å². The minimum atomic E-state index is -1.88. The topological polar surface area (TPSA) is 89.9 Å². The number of fused-ring (bicyclic) bond motifs is 1. The van der Waals surface area contributed by atoms with Gasteiger partial charge in [0, 0.05) is 12.8 Å². The summed E-state index contributed by atoms with van der Waals surface area (Å²) in [6.07, 6.45) is 3.07. The highest BCUT2D eigenvalue weighted by Crippen LogP contribution is 2.36. The fraction of sp³-hybridized carbons (Fsp3) is 0.500. The molecular formula is C24H32ClFN4O3Si. The maximum absolute atomic E-state index is 14.1. The number of aromatic amines is 1. The Morgan fingerprint density at radius 3 is 2.56 bits per heavy atom. The van der Waals surface area contributed by atoms with Crippen molar-refractivity contribution in [3.63, 3.8) is 0 Å². The molecule has 0 aromatic carbocycles. The van der Waals surface area contributed by atoms with Gasteiger partial charge in [-0.25, -0.2) is 18.7 Å². The highest BCUT2D eigenvalue weighted by atomic mass is 35.5. The van der Waals surface area contributed by atoms with E-state index in [4.69, 9.17) is 16.0 Å². The van der Waals surface area contributed by atoms with Crippen LogP contribution in [0.15, 0.2) is 27.9 Å². The van der Waals surface area contributed by atoms with Crippen LogP contribution in [0.3, 0.4) is 0 Å². The van der Waals surface area contributed by atoms with Crippen LogP contribution in [0.5, 0.6) is 0 Å². The van der Waals surface area contributed by atoms with Crippen LogP contribution in [0.1, 0.15) is 58.2 Å². The van der Waals surface area contributed by atoms with Crippen LogP contribution in [0, 0.1) is 5.82 Å². The molecule has 0 bridgehead atoms. The molecule has 0 aliphatic carbocycles. The first-order chi connectivity index (χ1) is 15.7. The van der Waals surface area contributed by atoms with Crippen molar-refractivity contribution in [2.24, 2.45) is 0 Å². The Bertz CT molecular complexity index is 1330. The number of nitrogens with zero attached hydrogens (tertiary/aromatic N) is 3. The molecule has 0 atom stereocenters. The van der Waals surface area contributed by atoms with Crippen LogP contribution in [0.4, 0.5) is 4.39 Å². The van der Waals surface area contributed by atoms with Gasteiger partial charge < -0.3 is 4.43 Å². The maximum Gasteiger partial charge on any atom is 0.334 e. The van der Waals surface area contributed by atoms with Crippen LogP contribution in [0.25, 0.3) is 16.7 Å². The van der Waals surface area contributed by atoms with Gasteiger partial charge in [-0.1, -0.05) is 46.2 Å². The molecule has 0 aliphatic rings. The largest absolute Gasteiger partial charge is 0.417 e. The fourth-order valence-electron chi connectivity index (χ4n) is 3.52. The fourth-order valence-corrected chi connectivity index (χ4v) is 4.74. The number of H-pyrrole nitrogens is 1. The molecule has 34 heavy (non-hydrogen) atoms. The number of nitrogens with one attached hydrogen (secondary N) is 1. The normalized spacial score (nSPS) is 12.6. The predicted octanol–water partition coefficient (Wildman–Crippen LogP) is 5.34. The van der Waals surface area contributed by atoms with Crippen molar-refractivity contribution in [2.45, 2.75) is 71.5 Å². The lowest BCUT2D eigenvalue weighted by atomic mass is 10.0. The minimum absolute atomic E-state index is 0.00572. The zero-order valence-corrected chi connectivity index (χ0v) is 22.5. The Balaban J connectivity index is 2.11. The first-order valence-electron chi connectivity index (χ1n) is 11.4. The molecule has 3 heterocycles. The van der Waals surface area contributed by atoms with Gasteiger partial charge in [0.25, 0.3) is 5.56 Å². The zero-order chi connectivity index (χ0) is 25.4. The molecular weight excluding hydrogens is 475 g/mol. The maximum atomic E-state index is 14.1. The number of halogens is 2. The molecule has 0 amide bonds. The molecule has 0 saturated carbocycles. The van der Waals surface area contributed by atoms with Crippen molar-refractivity contribution in [2.75, 3.05) is 6.61 Å². The summed E-state index contributed by atoms with van der Waals surface area (Å²) in [6.45, 7) is 15.5. The number of hydrogen-bond donors (Lipinski definition) is 1. The first kappa shape index (κ1) is 26.2. The number of pyridine rings is 2. The third kappa shape index (κ3) is 5.16. The van der Waals surface area contributed by atoms with E-state index in [1.165, 1.54) is 4.57 Å². The van der Waals surface area contributed by atoms with Gasteiger partial charge in [0.05, 0.1) is 16.8 Å². The summed E-state index contributed by atoms with van der Waals surface area (Å²) in [7, 11) is -1.88. The lowest BCUT2D eigenvalue weighted by Gasteiger charge is -2.36. The van der Waals surface area contributed by atoms with E-state index in [0.29, 0.717) is 24.4 Å². The molecule has 10 heteroatoms. The van der Waals surface area contributed by atoms with Crippen LogP contribution in [0.2, 0.25) is 23.3 Å². The highest BCUT2D eigenvalue weighted by molar-refractivity contribution is 6.74. The van der Waals surface area contributed by atoms with E-state index in [1.54, 1.807) is 6.20 Å². The molecule has 0 spiro atoms. The second kappa shape index (κ2) is 9.71. The molecule has 0 aliphatic heterocycles. The molecule has 3 aromatic heterocycles. The van der Waals surface area contributed by atoms with E-state index in [2.05, 4.69) is 48.8 Å². The summed E-state index contributed by atoms with van der Waals surface area (Å²) in [5.74, 6) is -0.855. The second-order valence-electron chi connectivity index (χ2n) is 10.3. The quantitative estimate of drug-likeness (QED) is 0.265. The summed E-state index contributed by atoms with van der Waals surface area (Å²) < 4.78 is 21.7. The van der Waals surface area contributed by atoms with Crippen LogP contribution < -0.4 is 11.2 Å². The average molecular weight is 507 g/mol. The standard InChI is InChI=1S/C24H32ClFN4O3Si/c1-14(2)18-19(15(10-11-27-18)9-8-12-33-34(6,7)24(3,4)5)30-21-16(22(31)29-23(30)32)13-17(26)20(25)28-21/h10-11,13-14H,8-9,12H2,1-7H3,(H,29,31,32). The number of aromatic nitrogens is 4. The predicted molar refractivity (Wildman–Crippen MR) is 136 cm³/mol. The third-order valence-corrected chi connectivity index (χ3v) is 11.3. The lowest BCUT2D eigenvalue weighted by molar-refractivity contribution is 0.282. The van der Waals surface area contributed by atoms with E-state index in [9.17, 15) is 14.0 Å². The Morgan fingerprint density at radius 2 is 1.94 bits per heavy atom. The number of rotatable bonds is 7. The van der Waals surface area contributed by atoms with Gasteiger partial charge in [0.15, 0.2) is 24.9 Å². The van der Waals surface area contributed by atoms with Crippen molar-refractivity contribution in [3.8, 4) is 5.69 Å². The van der Waals surface area contributed by atoms with E-state index in [0.717, 1.165) is 18.1 Å². The van der Waals surface area contributed by atoms with E-state index >= 15 is 0 Å². The summed E-state index contributed by atoms with van der Waals surface area (Å²) in [6, 6.07) is 2.85. The number of aryl methyl sites for hydroxylation is 1. The number of hydrogen-bond acceptors (Lipinski definition) is 5. The molecule has 0 saturated heterocycles. The van der Waals surface area contributed by atoms with Crippen LogP contribution in [-0.4, -0.2) is 34.4 Å². The van der Waals surface area contributed by atoms with E-state index in [1.807, 2.05) is 19.9 Å². The molecule has 0 unspecified atom stereocenters. The smallest absolute Gasteiger partial charge is 0.334 e. The Kier molecular flexibility index (Phi) is 7.50. The van der Waals surface area contributed by atoms with Crippen molar-refractivity contribution in [3.05, 3.63) is 61.4 Å². The van der Waals surface area contributed by atoms with Gasteiger partial charge in [-0.05, 0) is 54.6 Å². The second-order valence-corrected chi connectivity index (χ2v) is 15.5. The van der Waals surface area contributed by atoms with E-state index in [-0.39, 0.29) is 22.0 Å². The highest BCUT2D eigenvalue weighted by Gasteiger charge is 2.36. The van der Waals surface area contributed by atoms with Crippen molar-refractivity contribution >= 4 is 31.0 Å².